The number of benzene rings is 2. The van der Waals surface area contributed by atoms with Crippen molar-refractivity contribution in [2.75, 3.05) is 18.4 Å². The molecule has 27 heavy (non-hydrogen) atoms. The van der Waals surface area contributed by atoms with E-state index in [1.807, 2.05) is 53.2 Å². The Morgan fingerprint density at radius 1 is 1.00 bits per heavy atom. The molecule has 1 aromatic heterocycles. The number of nitrogens with one attached hydrogen (secondary N) is 1. The summed E-state index contributed by atoms with van der Waals surface area (Å²) in [6.45, 7) is 4.00. The van der Waals surface area contributed by atoms with E-state index in [2.05, 4.69) is 21.3 Å². The highest BCUT2D eigenvalue weighted by Gasteiger charge is 2.13. The lowest BCUT2D eigenvalue weighted by molar-refractivity contribution is 0.102. The van der Waals surface area contributed by atoms with Gasteiger partial charge >= 0.3 is 0 Å². The first-order valence-electron chi connectivity index (χ1n) is 9.44. The number of hydrogen-bond donors (Lipinski definition) is 1. The third kappa shape index (κ3) is 4.63. The van der Waals surface area contributed by atoms with Crippen LogP contribution in [0.2, 0.25) is 0 Å². The van der Waals surface area contributed by atoms with Crippen LogP contribution < -0.4 is 5.32 Å². The summed E-state index contributed by atoms with van der Waals surface area (Å²) in [6, 6.07) is 15.9. The van der Waals surface area contributed by atoms with Crippen molar-refractivity contribution in [1.29, 1.82) is 0 Å². The van der Waals surface area contributed by atoms with Gasteiger partial charge in [-0.2, -0.15) is 0 Å². The Bertz CT molecular complexity index is 881. The van der Waals surface area contributed by atoms with E-state index in [9.17, 15) is 4.79 Å². The maximum absolute atomic E-state index is 12.6. The Kier molecular flexibility index (Phi) is 5.30. The van der Waals surface area contributed by atoms with E-state index in [1.165, 1.54) is 24.0 Å². The molecule has 1 aliphatic rings. The van der Waals surface area contributed by atoms with Gasteiger partial charge in [0.15, 0.2) is 0 Å². The summed E-state index contributed by atoms with van der Waals surface area (Å²) in [6.07, 6.45) is 8.05. The van der Waals surface area contributed by atoms with E-state index in [0.717, 1.165) is 31.9 Å². The van der Waals surface area contributed by atoms with Gasteiger partial charge in [0, 0.05) is 36.7 Å². The Balaban J connectivity index is 1.38. The number of rotatable bonds is 6. The number of likely N-dealkylation sites (tertiary alicyclic amines) is 1. The van der Waals surface area contributed by atoms with Crippen LogP contribution in [0.4, 0.5) is 5.69 Å². The van der Waals surface area contributed by atoms with Crippen molar-refractivity contribution >= 4 is 11.6 Å². The average Bonchev–Trinajstić information content (AvgIpc) is 3.38. The van der Waals surface area contributed by atoms with E-state index in [0.29, 0.717) is 5.56 Å². The van der Waals surface area contributed by atoms with Crippen LogP contribution in [-0.4, -0.2) is 33.4 Å². The predicted octanol–water partition coefficient (Wildman–Crippen LogP) is 3.78. The molecule has 4 rings (SSSR count). The standard InChI is InChI=1S/C22H24N4O/c27-22(20-5-3-4-19(14-20)16-25-11-1-2-12-25)24-21-8-6-18(7-9-21)15-26-13-10-23-17-26/h3-10,13-14,17H,1-2,11-12,15-16H2,(H,24,27). The summed E-state index contributed by atoms with van der Waals surface area (Å²) >= 11 is 0. The third-order valence-corrected chi connectivity index (χ3v) is 4.93. The molecule has 3 aromatic rings. The van der Waals surface area contributed by atoms with Crippen molar-refractivity contribution in [2.45, 2.75) is 25.9 Å². The second kappa shape index (κ2) is 8.18. The van der Waals surface area contributed by atoms with E-state index in [-0.39, 0.29) is 5.91 Å². The Labute approximate surface area is 159 Å². The van der Waals surface area contributed by atoms with Gasteiger partial charge in [-0.15, -0.1) is 0 Å². The van der Waals surface area contributed by atoms with Crippen molar-refractivity contribution in [3.05, 3.63) is 83.9 Å². The van der Waals surface area contributed by atoms with Gasteiger partial charge < -0.3 is 9.88 Å². The van der Waals surface area contributed by atoms with Gasteiger partial charge in [0.05, 0.1) is 6.33 Å². The van der Waals surface area contributed by atoms with Crippen LogP contribution in [0.3, 0.4) is 0 Å². The van der Waals surface area contributed by atoms with Crippen molar-refractivity contribution in [3.63, 3.8) is 0 Å². The molecule has 138 valence electrons. The van der Waals surface area contributed by atoms with Crippen LogP contribution in [0.15, 0.2) is 67.3 Å². The monoisotopic (exact) mass is 360 g/mol. The fraction of sp³-hybridized carbons (Fsp3) is 0.273. The second-order valence-electron chi connectivity index (χ2n) is 7.07. The Hall–Kier alpha value is -2.92. The fourth-order valence-electron chi connectivity index (χ4n) is 3.50. The summed E-state index contributed by atoms with van der Waals surface area (Å²) in [5, 5.41) is 2.99. The van der Waals surface area contributed by atoms with Crippen molar-refractivity contribution in [2.24, 2.45) is 0 Å². The minimum Gasteiger partial charge on any atom is -0.333 e. The SMILES string of the molecule is O=C(Nc1ccc(Cn2ccnc2)cc1)c1cccc(CN2CCCC2)c1. The molecule has 0 radical (unpaired) electrons. The number of amides is 1. The molecule has 1 aliphatic heterocycles. The largest absolute Gasteiger partial charge is 0.333 e. The van der Waals surface area contributed by atoms with Gasteiger partial charge in [0.2, 0.25) is 0 Å². The summed E-state index contributed by atoms with van der Waals surface area (Å²) in [5.74, 6) is -0.0689. The van der Waals surface area contributed by atoms with Gasteiger partial charge in [0.1, 0.15) is 0 Å². The maximum Gasteiger partial charge on any atom is 0.255 e. The molecule has 5 nitrogen and oxygen atoms in total. The minimum atomic E-state index is -0.0689. The highest BCUT2D eigenvalue weighted by Crippen LogP contribution is 2.16. The molecule has 1 N–H and O–H groups in total. The molecule has 1 fully saturated rings. The number of imidazole rings is 1. The molecule has 0 unspecified atom stereocenters. The van der Waals surface area contributed by atoms with Crippen molar-refractivity contribution in [1.82, 2.24) is 14.5 Å². The van der Waals surface area contributed by atoms with Crippen LogP contribution in [0.25, 0.3) is 0 Å². The molecule has 0 bridgehead atoms. The quantitative estimate of drug-likeness (QED) is 0.728. The summed E-state index contributed by atoms with van der Waals surface area (Å²) in [7, 11) is 0. The number of aromatic nitrogens is 2. The molecule has 1 amide bonds. The van der Waals surface area contributed by atoms with Crippen molar-refractivity contribution in [3.8, 4) is 0 Å². The van der Waals surface area contributed by atoms with Gasteiger partial charge in [-0.05, 0) is 61.3 Å². The zero-order chi connectivity index (χ0) is 18.5. The lowest BCUT2D eigenvalue weighted by atomic mass is 10.1. The van der Waals surface area contributed by atoms with Crippen LogP contribution in [-0.2, 0) is 13.1 Å². The highest BCUT2D eigenvalue weighted by molar-refractivity contribution is 6.04. The average molecular weight is 360 g/mol. The fourth-order valence-corrected chi connectivity index (χ4v) is 3.50. The van der Waals surface area contributed by atoms with Crippen LogP contribution >= 0.6 is 0 Å². The van der Waals surface area contributed by atoms with Crippen LogP contribution in [0.1, 0.15) is 34.3 Å². The number of nitrogens with zero attached hydrogens (tertiary/aromatic N) is 3. The summed E-state index contributed by atoms with van der Waals surface area (Å²) in [5.41, 5.74) is 3.87. The lowest BCUT2D eigenvalue weighted by Crippen LogP contribution is -2.19. The first kappa shape index (κ1) is 17.5. The number of anilines is 1. The summed E-state index contributed by atoms with van der Waals surface area (Å²) in [4.78, 5) is 19.1. The number of carbonyl (C=O) groups is 1. The topological polar surface area (TPSA) is 50.2 Å². The van der Waals surface area contributed by atoms with Gasteiger partial charge in [-0.1, -0.05) is 24.3 Å². The zero-order valence-corrected chi connectivity index (χ0v) is 15.3. The molecule has 1 saturated heterocycles. The van der Waals surface area contributed by atoms with Crippen LogP contribution in [0, 0.1) is 0 Å². The smallest absolute Gasteiger partial charge is 0.255 e. The van der Waals surface area contributed by atoms with E-state index < -0.39 is 0 Å². The van der Waals surface area contributed by atoms with Crippen LogP contribution in [0.5, 0.6) is 0 Å². The van der Waals surface area contributed by atoms with E-state index >= 15 is 0 Å². The first-order chi connectivity index (χ1) is 13.3. The van der Waals surface area contributed by atoms with Gasteiger partial charge in [-0.3, -0.25) is 9.69 Å². The molecule has 0 spiro atoms. The zero-order valence-electron chi connectivity index (χ0n) is 15.3. The van der Waals surface area contributed by atoms with Gasteiger partial charge in [0.25, 0.3) is 5.91 Å². The van der Waals surface area contributed by atoms with E-state index in [4.69, 9.17) is 0 Å². The lowest BCUT2D eigenvalue weighted by Gasteiger charge is -2.15. The molecular weight excluding hydrogens is 336 g/mol. The van der Waals surface area contributed by atoms with Crippen molar-refractivity contribution < 1.29 is 4.79 Å². The maximum atomic E-state index is 12.6. The molecule has 0 atom stereocenters. The molecule has 2 heterocycles. The van der Waals surface area contributed by atoms with E-state index in [1.54, 1.807) is 12.5 Å². The second-order valence-corrected chi connectivity index (χ2v) is 7.07. The highest BCUT2D eigenvalue weighted by atomic mass is 16.1. The van der Waals surface area contributed by atoms with Gasteiger partial charge in [-0.25, -0.2) is 4.98 Å². The molecule has 2 aromatic carbocycles. The predicted molar refractivity (Wildman–Crippen MR) is 107 cm³/mol. The summed E-state index contributed by atoms with van der Waals surface area (Å²) < 4.78 is 2.01. The Morgan fingerprint density at radius 2 is 1.81 bits per heavy atom. The number of carbonyl (C=O) groups excluding carboxylic acids is 1. The first-order valence-corrected chi connectivity index (χ1v) is 9.44. The minimum absolute atomic E-state index is 0.0689. The third-order valence-electron chi connectivity index (χ3n) is 4.93. The normalized spacial score (nSPS) is 14.4. The number of hydrogen-bond acceptors (Lipinski definition) is 3. The molecule has 0 aliphatic carbocycles. The molecule has 0 saturated carbocycles. The molecule has 5 heteroatoms. The molecular formula is C22H24N4O. The Morgan fingerprint density at radius 3 is 2.56 bits per heavy atom.